The highest BCUT2D eigenvalue weighted by molar-refractivity contribution is 7.91. The van der Waals surface area contributed by atoms with Crippen LogP contribution >= 0.6 is 11.3 Å². The average Bonchev–Trinajstić information content (AvgIpc) is 2.85. The molecule has 0 amide bonds. The van der Waals surface area contributed by atoms with Crippen molar-refractivity contribution in [2.45, 2.75) is 35.6 Å². The summed E-state index contributed by atoms with van der Waals surface area (Å²) in [5, 5.41) is 8.22. The summed E-state index contributed by atoms with van der Waals surface area (Å²) >= 11 is 0.467. The molecule has 0 unspecified atom stereocenters. The maximum atomic E-state index is 14.5. The van der Waals surface area contributed by atoms with Crippen molar-refractivity contribution in [3.8, 4) is 0 Å². The van der Waals surface area contributed by atoms with Crippen LogP contribution in [0, 0.1) is 11.0 Å². The first-order valence-corrected chi connectivity index (χ1v) is 8.69. The van der Waals surface area contributed by atoms with E-state index in [4.69, 9.17) is 5.11 Å². The van der Waals surface area contributed by atoms with Crippen molar-refractivity contribution in [2.75, 3.05) is 6.54 Å². The fourth-order valence-corrected chi connectivity index (χ4v) is 4.45. The minimum atomic E-state index is -3.93. The Morgan fingerprint density at radius 2 is 2.05 bits per heavy atom. The lowest BCUT2D eigenvalue weighted by Gasteiger charge is -2.32. The second kappa shape index (κ2) is 5.98. The lowest BCUT2D eigenvalue weighted by atomic mass is 9.80. The summed E-state index contributed by atoms with van der Waals surface area (Å²) in [6.07, 6.45) is 0.346. The fraction of sp³-hybridized carbons (Fsp3) is 0.583. The summed E-state index contributed by atoms with van der Waals surface area (Å²) in [6.45, 7) is -0.429. The summed E-state index contributed by atoms with van der Waals surface area (Å²) in [4.78, 5) is 10.8. The first-order chi connectivity index (χ1) is 9.72. The van der Waals surface area contributed by atoms with Crippen LogP contribution in [0.5, 0.6) is 0 Å². The van der Waals surface area contributed by atoms with Gasteiger partial charge >= 0.3 is 5.97 Å². The van der Waals surface area contributed by atoms with E-state index >= 15 is 0 Å². The van der Waals surface area contributed by atoms with E-state index in [-0.39, 0.29) is 29.9 Å². The van der Waals surface area contributed by atoms with Crippen molar-refractivity contribution in [2.24, 2.45) is 5.92 Å². The molecule has 0 aromatic carbocycles. The van der Waals surface area contributed by atoms with E-state index < -0.39 is 39.3 Å². The molecule has 1 saturated carbocycles. The van der Waals surface area contributed by atoms with Gasteiger partial charge in [0.15, 0.2) is 5.13 Å². The van der Waals surface area contributed by atoms with E-state index in [0.29, 0.717) is 11.3 Å². The quantitative estimate of drug-likeness (QED) is 0.861. The number of alkyl halides is 1. The predicted octanol–water partition coefficient (Wildman–Crippen LogP) is 2.15. The Kier molecular flexibility index (Phi) is 4.64. The summed E-state index contributed by atoms with van der Waals surface area (Å²) in [6, 6.07) is 2.15. The van der Waals surface area contributed by atoms with Gasteiger partial charge in [-0.2, -0.15) is 4.39 Å². The highest BCUT2D eigenvalue weighted by Gasteiger charge is 2.38. The maximum absolute atomic E-state index is 14.5. The molecule has 0 radical (unpaired) electrons. The van der Waals surface area contributed by atoms with E-state index in [9.17, 15) is 22.0 Å². The lowest BCUT2D eigenvalue weighted by Crippen LogP contribution is -2.42. The van der Waals surface area contributed by atoms with Crippen molar-refractivity contribution in [3.05, 3.63) is 17.3 Å². The van der Waals surface area contributed by atoms with Crippen molar-refractivity contribution in [1.82, 2.24) is 4.72 Å². The van der Waals surface area contributed by atoms with E-state index in [1.165, 1.54) is 0 Å². The number of rotatable bonds is 5. The summed E-state index contributed by atoms with van der Waals surface area (Å²) in [5.41, 5.74) is -1.76. The zero-order chi connectivity index (χ0) is 15.7. The first kappa shape index (κ1) is 16.3. The molecular weight excluding hydrogens is 324 g/mol. The van der Waals surface area contributed by atoms with E-state index in [0.717, 1.165) is 12.1 Å². The number of hydrogen-bond acceptors (Lipinski definition) is 4. The van der Waals surface area contributed by atoms with Gasteiger partial charge in [-0.05, 0) is 37.8 Å². The Morgan fingerprint density at radius 1 is 1.43 bits per heavy atom. The van der Waals surface area contributed by atoms with Gasteiger partial charge < -0.3 is 5.11 Å². The number of carbonyl (C=O) groups is 1. The molecule has 2 N–H and O–H groups in total. The molecule has 1 aliphatic rings. The molecule has 118 valence electrons. The van der Waals surface area contributed by atoms with Crippen LogP contribution in [0.3, 0.4) is 0 Å². The molecule has 9 heteroatoms. The van der Waals surface area contributed by atoms with Crippen LogP contribution in [0.2, 0.25) is 0 Å². The third-order valence-electron chi connectivity index (χ3n) is 3.62. The maximum Gasteiger partial charge on any atom is 0.306 e. The number of sulfonamides is 1. The lowest BCUT2D eigenvalue weighted by molar-refractivity contribution is -0.143. The number of aliphatic carboxylic acids is 1. The molecule has 1 aromatic heterocycles. The van der Waals surface area contributed by atoms with Gasteiger partial charge in [0, 0.05) is 6.54 Å². The molecule has 0 bridgehead atoms. The number of carboxylic acids is 1. The Bertz CT molecular complexity index is 621. The first-order valence-electron chi connectivity index (χ1n) is 6.39. The van der Waals surface area contributed by atoms with Crippen molar-refractivity contribution >= 4 is 27.3 Å². The zero-order valence-corrected chi connectivity index (χ0v) is 12.6. The van der Waals surface area contributed by atoms with Crippen LogP contribution in [0.1, 0.15) is 25.7 Å². The van der Waals surface area contributed by atoms with Crippen molar-refractivity contribution in [3.63, 3.8) is 0 Å². The molecule has 5 nitrogen and oxygen atoms in total. The Balaban J connectivity index is 1.95. The topological polar surface area (TPSA) is 83.5 Å². The van der Waals surface area contributed by atoms with Crippen LogP contribution in [0.15, 0.2) is 16.3 Å². The average molecular weight is 339 g/mol. The monoisotopic (exact) mass is 339 g/mol. The largest absolute Gasteiger partial charge is 0.481 e. The third-order valence-corrected chi connectivity index (χ3v) is 6.39. The molecule has 1 fully saturated rings. The molecule has 1 heterocycles. The van der Waals surface area contributed by atoms with Crippen LogP contribution in [0.25, 0.3) is 0 Å². The van der Waals surface area contributed by atoms with Gasteiger partial charge in [-0.15, -0.1) is 0 Å². The van der Waals surface area contributed by atoms with Gasteiger partial charge in [0.25, 0.3) is 0 Å². The minimum absolute atomic E-state index is 0.00864. The SMILES string of the molecule is O=C(O)C1CCC(F)(CNS(=O)(=O)c2ccc(F)s2)CC1. The fourth-order valence-electron chi connectivity index (χ4n) is 2.30. The normalized spacial score (nSPS) is 26.7. The van der Waals surface area contributed by atoms with Crippen LogP contribution in [0.4, 0.5) is 8.78 Å². The predicted molar refractivity (Wildman–Crippen MR) is 72.9 cm³/mol. The summed E-state index contributed by atoms with van der Waals surface area (Å²) in [5.74, 6) is -1.52. The number of nitrogens with one attached hydrogen (secondary N) is 1. The highest BCUT2D eigenvalue weighted by Crippen LogP contribution is 2.35. The van der Waals surface area contributed by atoms with Gasteiger partial charge in [0.2, 0.25) is 10.0 Å². The van der Waals surface area contributed by atoms with Crippen molar-refractivity contribution < 1.29 is 27.1 Å². The summed E-state index contributed by atoms with van der Waals surface area (Å²) < 4.78 is 53.0. The molecule has 0 aliphatic heterocycles. The van der Waals surface area contributed by atoms with E-state index in [1.54, 1.807) is 0 Å². The number of thiophene rings is 1. The molecule has 0 atom stereocenters. The number of halogens is 2. The molecule has 1 aliphatic carbocycles. The van der Waals surface area contributed by atoms with Gasteiger partial charge in [0.05, 0.1) is 5.92 Å². The molecule has 1 aromatic rings. The molecular formula is C12H15F2NO4S2. The van der Waals surface area contributed by atoms with Crippen LogP contribution < -0.4 is 4.72 Å². The highest BCUT2D eigenvalue weighted by atomic mass is 32.2. The van der Waals surface area contributed by atoms with Gasteiger partial charge in [-0.25, -0.2) is 17.5 Å². The molecule has 21 heavy (non-hydrogen) atoms. The second-order valence-electron chi connectivity index (χ2n) is 5.15. The third kappa shape index (κ3) is 3.98. The summed E-state index contributed by atoms with van der Waals surface area (Å²) in [7, 11) is -3.93. The Morgan fingerprint density at radius 3 is 2.52 bits per heavy atom. The number of hydrogen-bond donors (Lipinski definition) is 2. The van der Waals surface area contributed by atoms with Crippen LogP contribution in [-0.2, 0) is 14.8 Å². The Labute approximate surface area is 125 Å². The molecule has 0 saturated heterocycles. The van der Waals surface area contributed by atoms with Gasteiger partial charge in [0.1, 0.15) is 9.88 Å². The number of carboxylic acid groups (broad SMARTS) is 1. The van der Waals surface area contributed by atoms with E-state index in [1.807, 2.05) is 0 Å². The molecule has 2 rings (SSSR count). The Hall–Kier alpha value is -1.06. The second-order valence-corrected chi connectivity index (χ2v) is 8.17. The van der Waals surface area contributed by atoms with Gasteiger partial charge in [-0.3, -0.25) is 4.79 Å². The van der Waals surface area contributed by atoms with Crippen molar-refractivity contribution in [1.29, 1.82) is 0 Å². The smallest absolute Gasteiger partial charge is 0.306 e. The molecule has 0 spiro atoms. The van der Waals surface area contributed by atoms with E-state index in [2.05, 4.69) is 4.72 Å². The van der Waals surface area contributed by atoms with Crippen LogP contribution in [-0.4, -0.2) is 31.7 Å². The standard InChI is InChI=1S/C12H15F2NO4S2/c13-9-1-2-10(20-9)21(18,19)15-7-12(14)5-3-8(4-6-12)11(16)17/h1-2,8,15H,3-7H2,(H,16,17). The van der Waals surface area contributed by atoms with Gasteiger partial charge in [-0.1, -0.05) is 11.3 Å². The minimum Gasteiger partial charge on any atom is -0.481 e. The zero-order valence-electron chi connectivity index (χ0n) is 11.0.